The van der Waals surface area contributed by atoms with Crippen molar-refractivity contribution in [2.75, 3.05) is 30.8 Å². The van der Waals surface area contributed by atoms with Crippen molar-refractivity contribution in [3.05, 3.63) is 89.4 Å². The van der Waals surface area contributed by atoms with Crippen molar-refractivity contribution < 1.29 is 9.18 Å². The molecule has 1 aliphatic rings. The van der Waals surface area contributed by atoms with E-state index in [1.54, 1.807) is 30.5 Å². The lowest BCUT2D eigenvalue weighted by Gasteiger charge is -2.33. The molecule has 1 fully saturated rings. The number of amides is 1. The number of aromatic nitrogens is 1. The molecular weight excluding hydrogens is 415 g/mol. The second-order valence-corrected chi connectivity index (χ2v) is 8.89. The number of pyridine rings is 1. The topological polar surface area (TPSA) is 57.3 Å². The third-order valence-corrected chi connectivity index (χ3v) is 6.59. The van der Waals surface area contributed by atoms with Crippen LogP contribution in [0.2, 0.25) is 0 Å². The third-order valence-electron chi connectivity index (χ3n) is 6.59. The Morgan fingerprint density at radius 3 is 2.48 bits per heavy atom. The van der Waals surface area contributed by atoms with E-state index in [4.69, 9.17) is 0 Å². The summed E-state index contributed by atoms with van der Waals surface area (Å²) in [4.78, 5) is 19.7. The van der Waals surface area contributed by atoms with Gasteiger partial charge in [-0.2, -0.15) is 0 Å². The molecule has 172 valence electrons. The highest BCUT2D eigenvalue weighted by molar-refractivity contribution is 6.07. The van der Waals surface area contributed by atoms with Crippen molar-refractivity contribution in [1.29, 1.82) is 0 Å². The maximum absolute atomic E-state index is 13.1. The van der Waals surface area contributed by atoms with Gasteiger partial charge in [0, 0.05) is 18.4 Å². The summed E-state index contributed by atoms with van der Waals surface area (Å²) in [5.41, 5.74) is 3.43. The number of halogens is 1. The Bertz CT molecular complexity index is 1060. The molecule has 0 aliphatic carbocycles. The second kappa shape index (κ2) is 10.6. The fraction of sp³-hybridized carbons (Fsp3) is 0.333. The molecular formula is C27H31FN4O. The molecule has 4 rings (SSSR count). The van der Waals surface area contributed by atoms with Gasteiger partial charge in [0.1, 0.15) is 11.6 Å². The van der Waals surface area contributed by atoms with Gasteiger partial charge in [0.15, 0.2) is 0 Å². The first kappa shape index (κ1) is 22.9. The van der Waals surface area contributed by atoms with Crippen molar-refractivity contribution in [2.24, 2.45) is 5.92 Å². The number of anilines is 2. The van der Waals surface area contributed by atoms with E-state index in [0.717, 1.165) is 24.3 Å². The smallest absolute Gasteiger partial charge is 0.259 e. The molecule has 1 unspecified atom stereocenters. The van der Waals surface area contributed by atoms with Gasteiger partial charge >= 0.3 is 0 Å². The fourth-order valence-electron chi connectivity index (χ4n) is 4.39. The van der Waals surface area contributed by atoms with Crippen LogP contribution in [0.5, 0.6) is 0 Å². The maximum atomic E-state index is 13.1. The van der Waals surface area contributed by atoms with Gasteiger partial charge in [0.25, 0.3) is 5.91 Å². The summed E-state index contributed by atoms with van der Waals surface area (Å²) in [6.45, 7) is 5.07. The summed E-state index contributed by atoms with van der Waals surface area (Å²) >= 11 is 0. The number of nitrogens with one attached hydrogen (secondary N) is 2. The van der Waals surface area contributed by atoms with E-state index in [-0.39, 0.29) is 11.7 Å². The number of hydrogen-bond acceptors (Lipinski definition) is 4. The van der Waals surface area contributed by atoms with Crippen LogP contribution in [0.25, 0.3) is 0 Å². The minimum absolute atomic E-state index is 0.221. The highest BCUT2D eigenvalue weighted by Gasteiger charge is 2.23. The van der Waals surface area contributed by atoms with Gasteiger partial charge in [0.2, 0.25) is 0 Å². The zero-order valence-corrected chi connectivity index (χ0v) is 19.2. The van der Waals surface area contributed by atoms with Gasteiger partial charge in [-0.3, -0.25) is 4.79 Å². The number of rotatable bonds is 7. The summed E-state index contributed by atoms with van der Waals surface area (Å²) < 4.78 is 13.1. The number of carbonyl (C=O) groups excluding carboxylic acids is 1. The van der Waals surface area contributed by atoms with Crippen LogP contribution in [0.1, 0.15) is 47.2 Å². The Labute approximate surface area is 195 Å². The predicted molar refractivity (Wildman–Crippen MR) is 131 cm³/mol. The first-order chi connectivity index (χ1) is 16.0. The van der Waals surface area contributed by atoms with Crippen molar-refractivity contribution in [3.8, 4) is 0 Å². The molecule has 1 aromatic heterocycles. The zero-order valence-electron chi connectivity index (χ0n) is 19.2. The van der Waals surface area contributed by atoms with Crippen LogP contribution < -0.4 is 10.6 Å². The lowest BCUT2D eigenvalue weighted by Crippen LogP contribution is -2.32. The quantitative estimate of drug-likeness (QED) is 0.501. The molecule has 0 bridgehead atoms. The largest absolute Gasteiger partial charge is 0.365 e. The molecule has 1 saturated heterocycles. The molecule has 0 radical (unpaired) electrons. The monoisotopic (exact) mass is 446 g/mol. The first-order valence-corrected chi connectivity index (χ1v) is 11.5. The highest BCUT2D eigenvalue weighted by atomic mass is 19.1. The van der Waals surface area contributed by atoms with Crippen molar-refractivity contribution >= 4 is 17.4 Å². The highest BCUT2D eigenvalue weighted by Crippen LogP contribution is 2.32. The average Bonchev–Trinajstić information content (AvgIpc) is 2.84. The molecule has 0 spiro atoms. The van der Waals surface area contributed by atoms with E-state index >= 15 is 0 Å². The van der Waals surface area contributed by atoms with E-state index in [2.05, 4.69) is 46.6 Å². The van der Waals surface area contributed by atoms with Gasteiger partial charge in [-0.05, 0) is 92.3 Å². The number of piperidine rings is 1. The molecule has 3 aromatic rings. The Kier molecular flexibility index (Phi) is 7.35. The Hall–Kier alpha value is -3.25. The normalized spacial score (nSPS) is 15.7. The van der Waals surface area contributed by atoms with Crippen LogP contribution in [-0.2, 0) is 6.54 Å². The maximum Gasteiger partial charge on any atom is 0.259 e. The molecule has 5 nitrogen and oxygen atoms in total. The molecule has 1 amide bonds. The third kappa shape index (κ3) is 5.96. The van der Waals surface area contributed by atoms with E-state index in [1.165, 1.54) is 30.5 Å². The molecule has 2 aromatic carbocycles. The first-order valence-electron chi connectivity index (χ1n) is 11.5. The SMILES string of the molecule is CC(c1ccc(NC(=O)c2cccnc2NCc2ccc(F)cc2)cc1)C1CCN(C)CC1. The van der Waals surface area contributed by atoms with Gasteiger partial charge in [-0.15, -0.1) is 0 Å². The number of nitrogens with zero attached hydrogens (tertiary/aromatic N) is 2. The fourth-order valence-corrected chi connectivity index (χ4v) is 4.39. The molecule has 6 heteroatoms. The minimum Gasteiger partial charge on any atom is -0.365 e. The number of carbonyl (C=O) groups is 1. The number of benzene rings is 2. The van der Waals surface area contributed by atoms with E-state index in [9.17, 15) is 9.18 Å². The lowest BCUT2D eigenvalue weighted by atomic mass is 9.81. The molecule has 1 aliphatic heterocycles. The van der Waals surface area contributed by atoms with Gasteiger partial charge in [-0.1, -0.05) is 31.2 Å². The minimum atomic E-state index is -0.275. The van der Waals surface area contributed by atoms with E-state index < -0.39 is 0 Å². The van der Waals surface area contributed by atoms with E-state index in [0.29, 0.717) is 29.8 Å². The van der Waals surface area contributed by atoms with Crippen LogP contribution in [0.4, 0.5) is 15.9 Å². The standard InChI is InChI=1S/C27H31FN4O/c1-19(22-13-16-32(2)17-14-22)21-7-11-24(12-8-21)31-27(33)25-4-3-15-29-26(25)30-18-20-5-9-23(28)10-6-20/h3-12,15,19,22H,13-14,16-18H2,1-2H3,(H,29,30)(H,31,33). The van der Waals surface area contributed by atoms with Crippen molar-refractivity contribution in [3.63, 3.8) is 0 Å². The van der Waals surface area contributed by atoms with Crippen LogP contribution in [-0.4, -0.2) is 35.9 Å². The zero-order chi connectivity index (χ0) is 23.2. The van der Waals surface area contributed by atoms with Gasteiger partial charge in [0.05, 0.1) is 5.56 Å². The van der Waals surface area contributed by atoms with E-state index in [1.807, 2.05) is 12.1 Å². The summed E-state index contributed by atoms with van der Waals surface area (Å²) in [5, 5.41) is 6.16. The summed E-state index contributed by atoms with van der Waals surface area (Å²) in [5.74, 6) is 1.20. The summed E-state index contributed by atoms with van der Waals surface area (Å²) in [6.07, 6.45) is 4.10. The Morgan fingerprint density at radius 1 is 1.09 bits per heavy atom. The van der Waals surface area contributed by atoms with Crippen LogP contribution in [0, 0.1) is 11.7 Å². The van der Waals surface area contributed by atoms with Gasteiger partial charge in [-0.25, -0.2) is 9.37 Å². The average molecular weight is 447 g/mol. The molecule has 0 saturated carbocycles. The van der Waals surface area contributed by atoms with Crippen molar-refractivity contribution in [2.45, 2.75) is 32.2 Å². The molecule has 33 heavy (non-hydrogen) atoms. The Morgan fingerprint density at radius 2 is 1.79 bits per heavy atom. The molecule has 1 atom stereocenters. The number of hydrogen-bond donors (Lipinski definition) is 2. The Balaban J connectivity index is 1.38. The van der Waals surface area contributed by atoms with Crippen LogP contribution >= 0.6 is 0 Å². The molecule has 2 N–H and O–H groups in total. The van der Waals surface area contributed by atoms with Crippen LogP contribution in [0.3, 0.4) is 0 Å². The molecule has 2 heterocycles. The lowest BCUT2D eigenvalue weighted by molar-refractivity contribution is 0.102. The van der Waals surface area contributed by atoms with Crippen molar-refractivity contribution in [1.82, 2.24) is 9.88 Å². The van der Waals surface area contributed by atoms with Crippen LogP contribution in [0.15, 0.2) is 66.9 Å². The second-order valence-electron chi connectivity index (χ2n) is 8.89. The summed E-state index contributed by atoms with van der Waals surface area (Å²) in [7, 11) is 2.18. The number of likely N-dealkylation sites (tertiary alicyclic amines) is 1. The predicted octanol–water partition coefficient (Wildman–Crippen LogP) is 5.53. The summed E-state index contributed by atoms with van der Waals surface area (Å²) in [6, 6.07) is 17.9. The van der Waals surface area contributed by atoms with Gasteiger partial charge < -0.3 is 15.5 Å².